The van der Waals surface area contributed by atoms with Gasteiger partial charge in [0.05, 0.1) is 12.2 Å². The number of carbonyl (C=O) groups excluding carboxylic acids is 1. The number of aliphatic hydroxyl groups excluding tert-OH is 2. The summed E-state index contributed by atoms with van der Waals surface area (Å²) in [6, 6.07) is 5.24. The minimum atomic E-state index is -4.97. The summed E-state index contributed by atoms with van der Waals surface area (Å²) in [4.78, 5) is 11.4. The van der Waals surface area contributed by atoms with Crippen molar-refractivity contribution in [2.45, 2.75) is 37.1 Å². The lowest BCUT2D eigenvalue weighted by Gasteiger charge is -2.21. The molecule has 2 atom stereocenters. The summed E-state index contributed by atoms with van der Waals surface area (Å²) in [6.45, 7) is 0. The Bertz CT molecular complexity index is 474. The largest absolute Gasteiger partial charge is 0.454 e. The second-order valence-corrected chi connectivity index (χ2v) is 4.65. The molecule has 1 aliphatic rings. The monoisotopic (exact) mass is 274 g/mol. The maximum absolute atomic E-state index is 12.5. The molecule has 0 amide bonds. The summed E-state index contributed by atoms with van der Waals surface area (Å²) in [7, 11) is 0. The number of halogens is 3. The quantitative estimate of drug-likeness (QED) is 0.811. The van der Waals surface area contributed by atoms with Crippen LogP contribution < -0.4 is 0 Å². The van der Waals surface area contributed by atoms with Gasteiger partial charge in [0.2, 0.25) is 0 Å². The lowest BCUT2D eigenvalue weighted by molar-refractivity contribution is -0.0886. The molecule has 1 aromatic carbocycles. The number of Topliss-reactive ketones (excluding diaryl/α,β-unsaturated/α-hetero) is 1. The van der Waals surface area contributed by atoms with Gasteiger partial charge in [-0.15, -0.1) is 0 Å². The minimum Gasteiger partial charge on any atom is -0.392 e. The second-order valence-electron chi connectivity index (χ2n) is 4.65. The first-order valence-electron chi connectivity index (χ1n) is 5.89. The van der Waals surface area contributed by atoms with Crippen LogP contribution in [0.5, 0.6) is 0 Å². The van der Waals surface area contributed by atoms with E-state index in [1.165, 1.54) is 18.2 Å². The van der Waals surface area contributed by atoms with Gasteiger partial charge in [-0.1, -0.05) is 24.3 Å². The molecular weight excluding hydrogens is 261 g/mol. The van der Waals surface area contributed by atoms with Crippen molar-refractivity contribution < 1.29 is 28.2 Å². The fourth-order valence-electron chi connectivity index (χ4n) is 2.52. The standard InChI is InChI=1S/C13H13F3O3/c14-13(15,16)12(19)8-4-2-1-3-7(8)11-9(17)5-6-10(11)18/h1-4,9-11,17-18H,5-6H2. The van der Waals surface area contributed by atoms with Gasteiger partial charge in [0.1, 0.15) is 0 Å². The highest BCUT2D eigenvalue weighted by molar-refractivity contribution is 6.01. The van der Waals surface area contributed by atoms with Crippen LogP contribution in [0.1, 0.15) is 34.7 Å². The highest BCUT2D eigenvalue weighted by Gasteiger charge is 2.43. The molecule has 3 nitrogen and oxygen atoms in total. The number of carbonyl (C=O) groups is 1. The number of hydrogen-bond acceptors (Lipinski definition) is 3. The number of rotatable bonds is 2. The smallest absolute Gasteiger partial charge is 0.392 e. The van der Waals surface area contributed by atoms with Crippen molar-refractivity contribution in [2.24, 2.45) is 0 Å². The van der Waals surface area contributed by atoms with E-state index in [1.54, 1.807) is 0 Å². The van der Waals surface area contributed by atoms with Crippen LogP contribution in [-0.4, -0.2) is 34.4 Å². The molecule has 0 spiro atoms. The first kappa shape index (κ1) is 14.0. The van der Waals surface area contributed by atoms with Gasteiger partial charge >= 0.3 is 6.18 Å². The van der Waals surface area contributed by atoms with E-state index in [0.29, 0.717) is 12.8 Å². The Labute approximate surface area is 107 Å². The van der Waals surface area contributed by atoms with E-state index in [0.717, 1.165) is 6.07 Å². The maximum atomic E-state index is 12.5. The molecule has 0 saturated heterocycles. The summed E-state index contributed by atoms with van der Waals surface area (Å²) in [5.41, 5.74) is -0.442. The minimum absolute atomic E-state index is 0.0577. The highest BCUT2D eigenvalue weighted by Crippen LogP contribution is 2.38. The van der Waals surface area contributed by atoms with Gasteiger partial charge in [0, 0.05) is 11.5 Å². The fourth-order valence-corrected chi connectivity index (χ4v) is 2.52. The van der Waals surface area contributed by atoms with E-state index >= 15 is 0 Å². The van der Waals surface area contributed by atoms with E-state index in [1.807, 2.05) is 0 Å². The summed E-state index contributed by atoms with van der Waals surface area (Å²) in [5.74, 6) is -2.79. The zero-order valence-corrected chi connectivity index (χ0v) is 9.89. The molecule has 104 valence electrons. The Kier molecular flexibility index (Phi) is 3.64. The van der Waals surface area contributed by atoms with Crippen molar-refractivity contribution in [1.82, 2.24) is 0 Å². The normalized spacial score (nSPS) is 27.5. The topological polar surface area (TPSA) is 57.5 Å². The third kappa shape index (κ3) is 2.64. The molecule has 2 unspecified atom stereocenters. The average molecular weight is 274 g/mol. The van der Waals surface area contributed by atoms with Crippen LogP contribution in [0, 0.1) is 0 Å². The molecule has 0 aromatic heterocycles. The molecule has 1 saturated carbocycles. The fraction of sp³-hybridized carbons (Fsp3) is 0.462. The number of alkyl halides is 3. The van der Waals surface area contributed by atoms with Crippen LogP contribution in [0.3, 0.4) is 0 Å². The molecule has 2 N–H and O–H groups in total. The first-order chi connectivity index (χ1) is 8.82. The summed E-state index contributed by atoms with van der Waals surface area (Å²) in [6.07, 6.45) is -6.22. The van der Waals surface area contributed by atoms with Crippen molar-refractivity contribution in [1.29, 1.82) is 0 Å². The first-order valence-corrected chi connectivity index (χ1v) is 5.89. The van der Waals surface area contributed by atoms with Crippen LogP contribution in [0.15, 0.2) is 24.3 Å². The highest BCUT2D eigenvalue weighted by atomic mass is 19.4. The Morgan fingerprint density at radius 2 is 1.63 bits per heavy atom. The van der Waals surface area contributed by atoms with Crippen LogP contribution in [-0.2, 0) is 0 Å². The third-order valence-corrected chi connectivity index (χ3v) is 3.41. The Hall–Kier alpha value is -1.40. The predicted octanol–water partition coefficient (Wildman–Crippen LogP) is 2.03. The average Bonchev–Trinajstić information content (AvgIpc) is 2.67. The third-order valence-electron chi connectivity index (χ3n) is 3.41. The Morgan fingerprint density at radius 1 is 1.11 bits per heavy atom. The van der Waals surface area contributed by atoms with Gasteiger partial charge in [-0.25, -0.2) is 0 Å². The van der Waals surface area contributed by atoms with Gasteiger partial charge in [-0.2, -0.15) is 13.2 Å². The molecule has 2 rings (SSSR count). The molecule has 19 heavy (non-hydrogen) atoms. The van der Waals surface area contributed by atoms with E-state index in [-0.39, 0.29) is 5.56 Å². The number of aliphatic hydroxyl groups is 2. The van der Waals surface area contributed by atoms with Crippen LogP contribution in [0.25, 0.3) is 0 Å². The maximum Gasteiger partial charge on any atom is 0.454 e. The summed E-state index contributed by atoms with van der Waals surface area (Å²) >= 11 is 0. The molecule has 0 heterocycles. The lowest BCUT2D eigenvalue weighted by atomic mass is 9.88. The van der Waals surface area contributed by atoms with Crippen LogP contribution >= 0.6 is 0 Å². The molecule has 0 aliphatic heterocycles. The van der Waals surface area contributed by atoms with Crippen molar-refractivity contribution in [3.8, 4) is 0 Å². The van der Waals surface area contributed by atoms with Gasteiger partial charge in [0.25, 0.3) is 5.78 Å². The van der Waals surface area contributed by atoms with Gasteiger partial charge < -0.3 is 10.2 Å². The second kappa shape index (κ2) is 4.94. The summed E-state index contributed by atoms with van der Waals surface area (Å²) in [5, 5.41) is 19.5. The molecule has 1 aromatic rings. The van der Waals surface area contributed by atoms with Crippen molar-refractivity contribution in [2.75, 3.05) is 0 Å². The molecule has 0 radical (unpaired) electrons. The molecular formula is C13H13F3O3. The van der Waals surface area contributed by atoms with Crippen LogP contribution in [0.2, 0.25) is 0 Å². The van der Waals surface area contributed by atoms with Gasteiger partial charge in [0.15, 0.2) is 0 Å². The van der Waals surface area contributed by atoms with Crippen molar-refractivity contribution >= 4 is 5.78 Å². The lowest BCUT2D eigenvalue weighted by Crippen LogP contribution is -2.28. The Morgan fingerprint density at radius 3 is 2.16 bits per heavy atom. The van der Waals surface area contributed by atoms with Crippen molar-refractivity contribution in [3.05, 3.63) is 35.4 Å². The van der Waals surface area contributed by atoms with Crippen molar-refractivity contribution in [3.63, 3.8) is 0 Å². The van der Waals surface area contributed by atoms with Crippen LogP contribution in [0.4, 0.5) is 13.2 Å². The molecule has 1 fully saturated rings. The number of hydrogen-bond donors (Lipinski definition) is 2. The van der Waals surface area contributed by atoms with E-state index in [4.69, 9.17) is 0 Å². The SMILES string of the molecule is O=C(c1ccccc1C1C(O)CCC1O)C(F)(F)F. The number of benzene rings is 1. The zero-order valence-electron chi connectivity index (χ0n) is 9.89. The van der Waals surface area contributed by atoms with Gasteiger partial charge in [-0.3, -0.25) is 4.79 Å². The predicted molar refractivity (Wildman–Crippen MR) is 60.8 cm³/mol. The molecule has 6 heteroatoms. The summed E-state index contributed by atoms with van der Waals surface area (Å²) < 4.78 is 37.6. The van der Waals surface area contributed by atoms with Gasteiger partial charge in [-0.05, 0) is 18.4 Å². The molecule has 1 aliphatic carbocycles. The molecule has 0 bridgehead atoms. The zero-order chi connectivity index (χ0) is 14.2. The van der Waals surface area contributed by atoms with E-state index < -0.39 is 35.6 Å². The van der Waals surface area contributed by atoms with E-state index in [9.17, 15) is 28.2 Å². The number of ketones is 1. The van der Waals surface area contributed by atoms with E-state index in [2.05, 4.69) is 0 Å². The Balaban J connectivity index is 2.45.